The third kappa shape index (κ3) is 2.59. The Balaban J connectivity index is 1.81. The molecule has 1 aromatic carbocycles. The molecular formula is C15H19NO3. The number of benzene rings is 1. The fraction of sp³-hybridized carbons (Fsp3) is 0.533. The molecule has 3 rings (SSSR count). The third-order valence-electron chi connectivity index (χ3n) is 3.78. The van der Waals surface area contributed by atoms with Gasteiger partial charge in [0.1, 0.15) is 13.2 Å². The summed E-state index contributed by atoms with van der Waals surface area (Å²) in [7, 11) is 0. The number of hydrogen-bond donors (Lipinski definition) is 1. The molecule has 0 amide bonds. The van der Waals surface area contributed by atoms with Gasteiger partial charge >= 0.3 is 0 Å². The predicted molar refractivity (Wildman–Crippen MR) is 72.1 cm³/mol. The SMILES string of the molecule is Cc1cc2c(cc1C(=O)CC1CCCN1)OCCO2. The van der Waals surface area contributed by atoms with Gasteiger partial charge in [-0.25, -0.2) is 0 Å². The minimum atomic E-state index is 0.189. The highest BCUT2D eigenvalue weighted by Crippen LogP contribution is 2.33. The lowest BCUT2D eigenvalue weighted by Gasteiger charge is -2.20. The summed E-state index contributed by atoms with van der Waals surface area (Å²) in [5.41, 5.74) is 1.73. The van der Waals surface area contributed by atoms with E-state index in [1.165, 1.54) is 0 Å². The Morgan fingerprint density at radius 1 is 1.32 bits per heavy atom. The van der Waals surface area contributed by atoms with Crippen molar-refractivity contribution in [3.05, 3.63) is 23.3 Å². The molecule has 4 nitrogen and oxygen atoms in total. The number of nitrogens with one attached hydrogen (secondary N) is 1. The van der Waals surface area contributed by atoms with Crippen LogP contribution in [0.15, 0.2) is 12.1 Å². The van der Waals surface area contributed by atoms with E-state index in [1.54, 1.807) is 0 Å². The smallest absolute Gasteiger partial charge is 0.164 e. The zero-order valence-corrected chi connectivity index (χ0v) is 11.2. The van der Waals surface area contributed by atoms with Crippen LogP contribution in [-0.4, -0.2) is 31.6 Å². The quantitative estimate of drug-likeness (QED) is 0.846. The van der Waals surface area contributed by atoms with Crippen LogP contribution < -0.4 is 14.8 Å². The van der Waals surface area contributed by atoms with Gasteiger partial charge in [-0.15, -0.1) is 0 Å². The number of hydrogen-bond acceptors (Lipinski definition) is 4. The van der Waals surface area contributed by atoms with E-state index in [-0.39, 0.29) is 5.78 Å². The molecule has 0 bridgehead atoms. The molecular weight excluding hydrogens is 242 g/mol. The molecule has 0 aliphatic carbocycles. The maximum absolute atomic E-state index is 12.4. The normalized spacial score (nSPS) is 21.4. The molecule has 1 unspecified atom stereocenters. The van der Waals surface area contributed by atoms with Crippen LogP contribution in [0.5, 0.6) is 11.5 Å². The fourth-order valence-corrected chi connectivity index (χ4v) is 2.76. The average molecular weight is 261 g/mol. The highest BCUT2D eigenvalue weighted by Gasteiger charge is 2.22. The maximum atomic E-state index is 12.4. The fourth-order valence-electron chi connectivity index (χ4n) is 2.76. The number of aryl methyl sites for hydroxylation is 1. The van der Waals surface area contributed by atoms with Gasteiger partial charge in [-0.3, -0.25) is 4.79 Å². The third-order valence-corrected chi connectivity index (χ3v) is 3.78. The molecule has 1 fully saturated rings. The van der Waals surface area contributed by atoms with Crippen molar-refractivity contribution in [3.8, 4) is 11.5 Å². The Hall–Kier alpha value is -1.55. The molecule has 1 saturated heterocycles. The number of Topliss-reactive ketones (excluding diaryl/α,β-unsaturated/α-hetero) is 1. The average Bonchev–Trinajstić information content (AvgIpc) is 2.90. The topological polar surface area (TPSA) is 47.6 Å². The summed E-state index contributed by atoms with van der Waals surface area (Å²) in [6, 6.07) is 4.07. The van der Waals surface area contributed by atoms with Gasteiger partial charge < -0.3 is 14.8 Å². The first kappa shape index (κ1) is 12.5. The van der Waals surface area contributed by atoms with Crippen LogP contribution in [0.2, 0.25) is 0 Å². The summed E-state index contributed by atoms with van der Waals surface area (Å²) >= 11 is 0. The summed E-state index contributed by atoms with van der Waals surface area (Å²) in [4.78, 5) is 12.4. The zero-order valence-electron chi connectivity index (χ0n) is 11.2. The van der Waals surface area contributed by atoms with Crippen LogP contribution in [-0.2, 0) is 0 Å². The molecule has 2 aliphatic heterocycles. The van der Waals surface area contributed by atoms with Crippen LogP contribution in [0.25, 0.3) is 0 Å². The molecule has 19 heavy (non-hydrogen) atoms. The Bertz CT molecular complexity index is 492. The number of carbonyl (C=O) groups is 1. The van der Waals surface area contributed by atoms with Crippen molar-refractivity contribution in [1.82, 2.24) is 5.32 Å². The highest BCUT2D eigenvalue weighted by molar-refractivity contribution is 5.98. The molecule has 0 aromatic heterocycles. The number of ketones is 1. The van der Waals surface area contributed by atoms with Gasteiger partial charge in [0.05, 0.1) is 0 Å². The molecule has 1 N–H and O–H groups in total. The number of rotatable bonds is 3. The van der Waals surface area contributed by atoms with Crippen molar-refractivity contribution >= 4 is 5.78 Å². The van der Waals surface area contributed by atoms with E-state index >= 15 is 0 Å². The Kier molecular flexibility index (Phi) is 3.42. The summed E-state index contributed by atoms with van der Waals surface area (Å²) in [6.07, 6.45) is 2.83. The predicted octanol–water partition coefficient (Wildman–Crippen LogP) is 2.09. The minimum absolute atomic E-state index is 0.189. The molecule has 2 aliphatic rings. The van der Waals surface area contributed by atoms with Crippen molar-refractivity contribution in [1.29, 1.82) is 0 Å². The molecule has 0 spiro atoms. The summed E-state index contributed by atoms with van der Waals surface area (Å²) in [6.45, 7) is 4.10. The summed E-state index contributed by atoms with van der Waals surface area (Å²) in [5, 5.41) is 3.36. The number of carbonyl (C=O) groups excluding carboxylic acids is 1. The molecule has 1 aromatic rings. The van der Waals surface area contributed by atoms with Gasteiger partial charge in [-0.1, -0.05) is 0 Å². The summed E-state index contributed by atoms with van der Waals surface area (Å²) < 4.78 is 11.1. The maximum Gasteiger partial charge on any atom is 0.164 e. The number of ether oxygens (including phenoxy) is 2. The molecule has 2 heterocycles. The van der Waals surface area contributed by atoms with Crippen molar-refractivity contribution in [2.45, 2.75) is 32.2 Å². The van der Waals surface area contributed by atoms with Gasteiger partial charge in [-0.05, 0) is 44.0 Å². The molecule has 1 atom stereocenters. The monoisotopic (exact) mass is 261 g/mol. The van der Waals surface area contributed by atoms with E-state index in [2.05, 4.69) is 5.32 Å². The molecule has 0 radical (unpaired) electrons. The second-order valence-corrected chi connectivity index (χ2v) is 5.23. The lowest BCUT2D eigenvalue weighted by atomic mass is 9.98. The second-order valence-electron chi connectivity index (χ2n) is 5.23. The Labute approximate surface area is 113 Å². The van der Waals surface area contributed by atoms with E-state index < -0.39 is 0 Å². The molecule has 4 heteroatoms. The number of fused-ring (bicyclic) bond motifs is 1. The molecule has 102 valence electrons. The van der Waals surface area contributed by atoms with Gasteiger partial charge in [0, 0.05) is 18.0 Å². The standard InChI is InChI=1S/C15H19NO3/c1-10-7-14-15(19-6-5-18-14)9-12(10)13(17)8-11-3-2-4-16-11/h7,9,11,16H,2-6,8H2,1H3. The van der Waals surface area contributed by atoms with Crippen LogP contribution >= 0.6 is 0 Å². The van der Waals surface area contributed by atoms with Crippen molar-refractivity contribution < 1.29 is 14.3 Å². The second kappa shape index (κ2) is 5.21. The first-order chi connectivity index (χ1) is 9.24. The van der Waals surface area contributed by atoms with Crippen LogP contribution in [0.3, 0.4) is 0 Å². The minimum Gasteiger partial charge on any atom is -0.486 e. The summed E-state index contributed by atoms with van der Waals surface area (Å²) in [5.74, 6) is 1.63. The van der Waals surface area contributed by atoms with Gasteiger partial charge in [0.2, 0.25) is 0 Å². The van der Waals surface area contributed by atoms with E-state index in [0.29, 0.717) is 31.4 Å². The molecule has 0 saturated carbocycles. The van der Waals surface area contributed by atoms with Crippen LogP contribution in [0.4, 0.5) is 0 Å². The lowest BCUT2D eigenvalue weighted by molar-refractivity contribution is 0.0970. The first-order valence-electron chi connectivity index (χ1n) is 6.91. The van der Waals surface area contributed by atoms with Crippen LogP contribution in [0.1, 0.15) is 35.2 Å². The van der Waals surface area contributed by atoms with Gasteiger partial charge in [0.25, 0.3) is 0 Å². The van der Waals surface area contributed by atoms with E-state index in [1.807, 2.05) is 19.1 Å². The van der Waals surface area contributed by atoms with E-state index in [4.69, 9.17) is 9.47 Å². The van der Waals surface area contributed by atoms with Gasteiger partial charge in [0.15, 0.2) is 17.3 Å². The largest absolute Gasteiger partial charge is 0.486 e. The van der Waals surface area contributed by atoms with E-state index in [9.17, 15) is 4.79 Å². The Morgan fingerprint density at radius 3 is 2.74 bits per heavy atom. The zero-order chi connectivity index (χ0) is 13.2. The van der Waals surface area contributed by atoms with E-state index in [0.717, 1.165) is 36.3 Å². The van der Waals surface area contributed by atoms with Crippen molar-refractivity contribution in [3.63, 3.8) is 0 Å². The lowest BCUT2D eigenvalue weighted by Crippen LogP contribution is -2.25. The van der Waals surface area contributed by atoms with Gasteiger partial charge in [-0.2, -0.15) is 0 Å². The first-order valence-corrected chi connectivity index (χ1v) is 6.91. The Morgan fingerprint density at radius 2 is 2.05 bits per heavy atom. The van der Waals surface area contributed by atoms with Crippen molar-refractivity contribution in [2.75, 3.05) is 19.8 Å². The van der Waals surface area contributed by atoms with Crippen LogP contribution in [0, 0.1) is 6.92 Å². The van der Waals surface area contributed by atoms with Crippen molar-refractivity contribution in [2.24, 2.45) is 0 Å². The highest BCUT2D eigenvalue weighted by atomic mass is 16.6.